The largest absolute Gasteiger partial charge is 0.351 e. The highest BCUT2D eigenvalue weighted by Gasteiger charge is 2.37. The molecule has 1 aliphatic heterocycles. The van der Waals surface area contributed by atoms with Crippen molar-refractivity contribution in [2.75, 3.05) is 0 Å². The van der Waals surface area contributed by atoms with Gasteiger partial charge in [0.1, 0.15) is 0 Å². The van der Waals surface area contributed by atoms with Crippen molar-refractivity contribution >= 4 is 5.91 Å². The number of H-pyrrole nitrogens is 1. The third-order valence-electron chi connectivity index (χ3n) is 4.49. The monoisotopic (exact) mass is 275 g/mol. The standard InChI is InChI=1S/C15H21N3O2/c19-14-6-5-10(8-16-14)9-17-15(20)13-7-11-3-1-2-4-12(11)18-13/h5-6,8,11-13,18H,1-4,7,9H2,(H,16,19)(H,17,20). The molecular weight excluding hydrogens is 254 g/mol. The van der Waals surface area contributed by atoms with E-state index in [1.807, 2.05) is 0 Å². The molecule has 2 heterocycles. The zero-order valence-corrected chi connectivity index (χ0v) is 11.5. The van der Waals surface area contributed by atoms with Crippen LogP contribution in [0.15, 0.2) is 23.1 Å². The summed E-state index contributed by atoms with van der Waals surface area (Å²) in [5.41, 5.74) is 0.787. The molecule has 1 aromatic rings. The Hall–Kier alpha value is -1.62. The number of hydrogen-bond donors (Lipinski definition) is 3. The number of nitrogens with one attached hydrogen (secondary N) is 3. The molecule has 1 saturated heterocycles. The van der Waals surface area contributed by atoms with Crippen LogP contribution in [-0.2, 0) is 11.3 Å². The Balaban J connectivity index is 1.52. The molecule has 0 radical (unpaired) electrons. The normalized spacial score (nSPS) is 28.9. The van der Waals surface area contributed by atoms with E-state index in [0.29, 0.717) is 18.5 Å². The summed E-state index contributed by atoms with van der Waals surface area (Å²) in [7, 11) is 0. The van der Waals surface area contributed by atoms with Gasteiger partial charge in [0, 0.05) is 24.8 Å². The first-order valence-corrected chi connectivity index (χ1v) is 7.44. The molecule has 0 bridgehead atoms. The summed E-state index contributed by atoms with van der Waals surface area (Å²) in [5.74, 6) is 0.748. The third kappa shape index (κ3) is 2.93. The van der Waals surface area contributed by atoms with E-state index in [2.05, 4.69) is 15.6 Å². The van der Waals surface area contributed by atoms with Crippen molar-refractivity contribution in [1.29, 1.82) is 0 Å². The molecule has 1 aliphatic carbocycles. The van der Waals surface area contributed by atoms with E-state index in [-0.39, 0.29) is 17.5 Å². The number of carbonyl (C=O) groups excluding carboxylic acids is 1. The van der Waals surface area contributed by atoms with Crippen LogP contribution in [0.25, 0.3) is 0 Å². The average molecular weight is 275 g/mol. The lowest BCUT2D eigenvalue weighted by Gasteiger charge is -2.24. The van der Waals surface area contributed by atoms with Gasteiger partial charge in [-0.3, -0.25) is 9.59 Å². The number of aromatic amines is 1. The Morgan fingerprint density at radius 1 is 1.30 bits per heavy atom. The van der Waals surface area contributed by atoms with Crippen LogP contribution in [0.2, 0.25) is 0 Å². The quantitative estimate of drug-likeness (QED) is 0.767. The Labute approximate surface area is 118 Å². The minimum absolute atomic E-state index is 0.0501. The lowest BCUT2D eigenvalue weighted by molar-refractivity contribution is -0.123. The summed E-state index contributed by atoms with van der Waals surface area (Å²) in [4.78, 5) is 25.8. The molecule has 5 nitrogen and oxygen atoms in total. The summed E-state index contributed by atoms with van der Waals surface area (Å²) in [5, 5.41) is 6.41. The number of aromatic nitrogens is 1. The molecule has 0 aromatic carbocycles. The smallest absolute Gasteiger partial charge is 0.247 e. The Morgan fingerprint density at radius 2 is 2.15 bits per heavy atom. The van der Waals surface area contributed by atoms with Crippen molar-refractivity contribution in [1.82, 2.24) is 15.6 Å². The number of hydrogen-bond acceptors (Lipinski definition) is 3. The van der Waals surface area contributed by atoms with Crippen LogP contribution < -0.4 is 16.2 Å². The van der Waals surface area contributed by atoms with Crippen LogP contribution >= 0.6 is 0 Å². The van der Waals surface area contributed by atoms with E-state index in [1.54, 1.807) is 12.3 Å². The van der Waals surface area contributed by atoms with Crippen molar-refractivity contribution in [3.63, 3.8) is 0 Å². The first-order chi connectivity index (χ1) is 9.72. The second kappa shape index (κ2) is 5.79. The first kappa shape index (κ1) is 13.4. The third-order valence-corrected chi connectivity index (χ3v) is 4.49. The van der Waals surface area contributed by atoms with Crippen molar-refractivity contribution < 1.29 is 4.79 Å². The summed E-state index contributed by atoms with van der Waals surface area (Å²) in [6, 6.07) is 3.70. The van der Waals surface area contributed by atoms with Gasteiger partial charge >= 0.3 is 0 Å². The number of rotatable bonds is 3. The van der Waals surface area contributed by atoms with Gasteiger partial charge in [-0.15, -0.1) is 0 Å². The minimum atomic E-state index is -0.124. The second-order valence-corrected chi connectivity index (χ2v) is 5.88. The van der Waals surface area contributed by atoms with Gasteiger partial charge in [-0.2, -0.15) is 0 Å². The van der Waals surface area contributed by atoms with Crippen LogP contribution in [-0.4, -0.2) is 23.0 Å². The molecule has 108 valence electrons. The molecule has 3 atom stereocenters. The predicted octanol–water partition coefficient (Wildman–Crippen LogP) is 0.912. The molecule has 20 heavy (non-hydrogen) atoms. The molecule has 3 N–H and O–H groups in total. The second-order valence-electron chi connectivity index (χ2n) is 5.88. The molecule has 1 saturated carbocycles. The Morgan fingerprint density at radius 3 is 2.90 bits per heavy atom. The first-order valence-electron chi connectivity index (χ1n) is 7.44. The lowest BCUT2D eigenvalue weighted by atomic mass is 9.85. The summed E-state index contributed by atoms with van der Waals surface area (Å²) >= 11 is 0. The number of amides is 1. The average Bonchev–Trinajstić information content (AvgIpc) is 2.90. The number of carbonyl (C=O) groups is 1. The highest BCUT2D eigenvalue weighted by Crippen LogP contribution is 2.33. The van der Waals surface area contributed by atoms with E-state index in [9.17, 15) is 9.59 Å². The molecule has 3 rings (SSSR count). The van der Waals surface area contributed by atoms with Crippen LogP contribution in [0.4, 0.5) is 0 Å². The van der Waals surface area contributed by atoms with Crippen LogP contribution in [0.3, 0.4) is 0 Å². The zero-order valence-electron chi connectivity index (χ0n) is 11.5. The maximum Gasteiger partial charge on any atom is 0.247 e. The van der Waals surface area contributed by atoms with E-state index in [1.165, 1.54) is 31.7 Å². The fraction of sp³-hybridized carbons (Fsp3) is 0.600. The predicted molar refractivity (Wildman–Crippen MR) is 76.2 cm³/mol. The fourth-order valence-electron chi connectivity index (χ4n) is 3.39. The summed E-state index contributed by atoms with van der Waals surface area (Å²) < 4.78 is 0. The van der Waals surface area contributed by atoms with Crippen LogP contribution in [0.1, 0.15) is 37.7 Å². The maximum absolute atomic E-state index is 12.2. The molecule has 5 heteroatoms. The van der Waals surface area contributed by atoms with Crippen LogP contribution in [0.5, 0.6) is 0 Å². The summed E-state index contributed by atoms with van der Waals surface area (Å²) in [6.07, 6.45) is 7.64. The van der Waals surface area contributed by atoms with Gasteiger partial charge in [0.2, 0.25) is 11.5 Å². The Kier molecular flexibility index (Phi) is 3.87. The van der Waals surface area contributed by atoms with Gasteiger partial charge in [0.15, 0.2) is 0 Å². The molecular formula is C15H21N3O2. The SMILES string of the molecule is O=C(NCc1ccc(=O)[nH]c1)C1CC2CCCCC2N1. The van der Waals surface area contributed by atoms with Crippen molar-refractivity contribution in [2.24, 2.45) is 5.92 Å². The van der Waals surface area contributed by atoms with Crippen molar-refractivity contribution in [2.45, 2.75) is 50.7 Å². The van der Waals surface area contributed by atoms with Gasteiger partial charge in [-0.05, 0) is 30.7 Å². The minimum Gasteiger partial charge on any atom is -0.351 e. The van der Waals surface area contributed by atoms with Gasteiger partial charge in [0.25, 0.3) is 0 Å². The van der Waals surface area contributed by atoms with E-state index < -0.39 is 0 Å². The lowest BCUT2D eigenvalue weighted by Crippen LogP contribution is -2.42. The zero-order chi connectivity index (χ0) is 13.9. The topological polar surface area (TPSA) is 74.0 Å². The highest BCUT2D eigenvalue weighted by molar-refractivity contribution is 5.82. The van der Waals surface area contributed by atoms with Crippen molar-refractivity contribution in [3.8, 4) is 0 Å². The van der Waals surface area contributed by atoms with Crippen LogP contribution in [0, 0.1) is 5.92 Å². The number of pyridine rings is 1. The summed E-state index contributed by atoms with van der Waals surface area (Å²) in [6.45, 7) is 0.461. The molecule has 1 amide bonds. The molecule has 3 unspecified atom stereocenters. The van der Waals surface area contributed by atoms with E-state index in [4.69, 9.17) is 0 Å². The van der Waals surface area contributed by atoms with E-state index >= 15 is 0 Å². The molecule has 2 fully saturated rings. The molecule has 1 aromatic heterocycles. The van der Waals surface area contributed by atoms with Gasteiger partial charge in [-0.1, -0.05) is 18.9 Å². The number of fused-ring (bicyclic) bond motifs is 1. The Bertz CT molecular complexity index is 506. The van der Waals surface area contributed by atoms with Gasteiger partial charge in [-0.25, -0.2) is 0 Å². The van der Waals surface area contributed by atoms with Gasteiger partial charge in [0.05, 0.1) is 6.04 Å². The molecule has 0 spiro atoms. The maximum atomic E-state index is 12.2. The van der Waals surface area contributed by atoms with E-state index in [0.717, 1.165) is 12.0 Å². The van der Waals surface area contributed by atoms with Gasteiger partial charge < -0.3 is 15.6 Å². The fourth-order valence-corrected chi connectivity index (χ4v) is 3.39. The van der Waals surface area contributed by atoms with Crippen molar-refractivity contribution in [3.05, 3.63) is 34.2 Å². The molecule has 2 aliphatic rings. The highest BCUT2D eigenvalue weighted by atomic mass is 16.2.